The van der Waals surface area contributed by atoms with Gasteiger partial charge < -0.3 is 10.2 Å². The van der Waals surface area contributed by atoms with E-state index in [1.165, 1.54) is 0 Å². The maximum Gasteiger partial charge on any atom is 0.371 e. The molecule has 0 aliphatic rings. The molecule has 0 saturated heterocycles. The van der Waals surface area contributed by atoms with Crippen LogP contribution in [0.15, 0.2) is 36.1 Å². The minimum Gasteiger partial charge on any atom is -0.502 e. The fraction of sp³-hybridized carbons (Fsp3) is 0.357. The molecule has 0 heterocycles. The van der Waals surface area contributed by atoms with Crippen LogP contribution in [0.2, 0.25) is 0 Å². The number of carboxylic acids is 1. The summed E-state index contributed by atoms with van der Waals surface area (Å²) >= 11 is 0. The lowest BCUT2D eigenvalue weighted by atomic mass is 9.98. The lowest BCUT2D eigenvalue weighted by Gasteiger charge is -2.08. The van der Waals surface area contributed by atoms with Crippen LogP contribution in [-0.2, 0) is 4.79 Å². The number of aliphatic hydroxyl groups is 1. The van der Waals surface area contributed by atoms with Gasteiger partial charge in [-0.05, 0) is 18.4 Å². The first kappa shape index (κ1) is 13.3. The van der Waals surface area contributed by atoms with Gasteiger partial charge in [-0.2, -0.15) is 0 Å². The monoisotopic (exact) mass is 234 g/mol. The quantitative estimate of drug-likeness (QED) is 0.449. The second-order valence-corrected chi connectivity index (χ2v) is 3.96. The van der Waals surface area contributed by atoms with Gasteiger partial charge in [-0.3, -0.25) is 0 Å². The van der Waals surface area contributed by atoms with E-state index in [2.05, 4.69) is 6.92 Å². The van der Waals surface area contributed by atoms with Gasteiger partial charge in [0.2, 0.25) is 5.76 Å². The van der Waals surface area contributed by atoms with Crippen molar-refractivity contribution in [1.82, 2.24) is 0 Å². The van der Waals surface area contributed by atoms with Crippen LogP contribution in [-0.4, -0.2) is 16.2 Å². The van der Waals surface area contributed by atoms with Crippen LogP contribution in [0.25, 0.3) is 5.57 Å². The van der Waals surface area contributed by atoms with Gasteiger partial charge in [0.25, 0.3) is 0 Å². The summed E-state index contributed by atoms with van der Waals surface area (Å²) in [6.45, 7) is 2.09. The first-order chi connectivity index (χ1) is 8.16. The van der Waals surface area contributed by atoms with Crippen molar-refractivity contribution in [1.29, 1.82) is 0 Å². The van der Waals surface area contributed by atoms with Crippen LogP contribution in [0.5, 0.6) is 0 Å². The van der Waals surface area contributed by atoms with Crippen molar-refractivity contribution in [3.8, 4) is 0 Å². The summed E-state index contributed by atoms with van der Waals surface area (Å²) in [5, 5.41) is 18.5. The summed E-state index contributed by atoms with van der Waals surface area (Å²) < 4.78 is 0. The molecule has 3 heteroatoms. The predicted octanol–water partition coefficient (Wildman–Crippen LogP) is 3.62. The summed E-state index contributed by atoms with van der Waals surface area (Å²) in [6.07, 6.45) is 3.58. The molecule has 0 atom stereocenters. The second-order valence-electron chi connectivity index (χ2n) is 3.96. The Balaban J connectivity index is 2.95. The fourth-order valence-corrected chi connectivity index (χ4v) is 1.72. The van der Waals surface area contributed by atoms with E-state index in [1.807, 2.05) is 30.3 Å². The third-order valence-electron chi connectivity index (χ3n) is 2.64. The van der Waals surface area contributed by atoms with Crippen molar-refractivity contribution in [2.45, 2.75) is 32.6 Å². The molecule has 0 aliphatic carbocycles. The molecule has 92 valence electrons. The largest absolute Gasteiger partial charge is 0.502 e. The van der Waals surface area contributed by atoms with E-state index < -0.39 is 11.7 Å². The zero-order valence-electron chi connectivity index (χ0n) is 10.0. The Morgan fingerprint density at radius 2 is 1.76 bits per heavy atom. The highest BCUT2D eigenvalue weighted by atomic mass is 16.4. The molecule has 17 heavy (non-hydrogen) atoms. The third kappa shape index (κ3) is 3.94. The summed E-state index contributed by atoms with van der Waals surface area (Å²) in [5.41, 5.74) is 1.30. The molecule has 0 radical (unpaired) electrons. The SMILES string of the molecule is CCCCCC(=C(O)C(=O)O)c1ccccc1. The van der Waals surface area contributed by atoms with Crippen LogP contribution in [0.1, 0.15) is 38.2 Å². The highest BCUT2D eigenvalue weighted by Gasteiger charge is 2.14. The Bertz CT molecular complexity index is 393. The smallest absolute Gasteiger partial charge is 0.371 e. The van der Waals surface area contributed by atoms with Crippen LogP contribution in [0.3, 0.4) is 0 Å². The van der Waals surface area contributed by atoms with E-state index in [0.717, 1.165) is 24.8 Å². The lowest BCUT2D eigenvalue weighted by molar-refractivity contribution is -0.135. The van der Waals surface area contributed by atoms with Crippen molar-refractivity contribution in [3.05, 3.63) is 41.7 Å². The van der Waals surface area contributed by atoms with Gasteiger partial charge >= 0.3 is 5.97 Å². The molecule has 1 aromatic carbocycles. The van der Waals surface area contributed by atoms with Crippen molar-refractivity contribution < 1.29 is 15.0 Å². The number of carboxylic acid groups (broad SMARTS) is 1. The molecule has 0 aromatic heterocycles. The number of benzene rings is 1. The van der Waals surface area contributed by atoms with Gasteiger partial charge in [0.1, 0.15) is 0 Å². The number of hydrogen-bond acceptors (Lipinski definition) is 2. The summed E-state index contributed by atoms with van der Waals surface area (Å²) in [6, 6.07) is 9.18. The average Bonchev–Trinajstić information content (AvgIpc) is 2.35. The fourth-order valence-electron chi connectivity index (χ4n) is 1.72. The van der Waals surface area contributed by atoms with E-state index in [9.17, 15) is 9.90 Å². The highest BCUT2D eigenvalue weighted by Crippen LogP contribution is 2.24. The summed E-state index contributed by atoms with van der Waals surface area (Å²) in [5.74, 6) is -1.80. The molecule has 0 amide bonds. The Morgan fingerprint density at radius 3 is 2.29 bits per heavy atom. The van der Waals surface area contributed by atoms with Crippen molar-refractivity contribution in [2.24, 2.45) is 0 Å². The first-order valence-electron chi connectivity index (χ1n) is 5.87. The van der Waals surface area contributed by atoms with E-state index >= 15 is 0 Å². The number of carbonyl (C=O) groups is 1. The zero-order chi connectivity index (χ0) is 12.7. The Kier molecular flexibility index (Phi) is 5.27. The van der Waals surface area contributed by atoms with Gasteiger partial charge in [-0.25, -0.2) is 4.79 Å². The Hall–Kier alpha value is -1.77. The molecule has 2 N–H and O–H groups in total. The number of rotatable bonds is 6. The number of allylic oxidation sites excluding steroid dienone is 1. The van der Waals surface area contributed by atoms with Crippen molar-refractivity contribution in [2.75, 3.05) is 0 Å². The first-order valence-corrected chi connectivity index (χ1v) is 5.87. The molecule has 1 rings (SSSR count). The number of aliphatic carboxylic acids is 1. The molecular weight excluding hydrogens is 216 g/mol. The highest BCUT2D eigenvalue weighted by molar-refractivity contribution is 5.93. The molecule has 0 unspecified atom stereocenters. The summed E-state index contributed by atoms with van der Waals surface area (Å²) in [4.78, 5) is 10.8. The third-order valence-corrected chi connectivity index (χ3v) is 2.64. The Labute approximate surface area is 101 Å². The van der Waals surface area contributed by atoms with Crippen molar-refractivity contribution in [3.63, 3.8) is 0 Å². The van der Waals surface area contributed by atoms with E-state index in [-0.39, 0.29) is 0 Å². The predicted molar refractivity (Wildman–Crippen MR) is 67.8 cm³/mol. The molecule has 0 fully saturated rings. The number of aliphatic hydroxyl groups excluding tert-OH is 1. The molecule has 1 aromatic rings. The van der Waals surface area contributed by atoms with Crippen LogP contribution < -0.4 is 0 Å². The van der Waals surface area contributed by atoms with E-state index in [0.29, 0.717) is 12.0 Å². The molecule has 0 saturated carbocycles. The standard InChI is InChI=1S/C14H18O3/c1-2-3-5-10-12(13(15)14(16)17)11-8-6-4-7-9-11/h4,6-9,15H,2-3,5,10H2,1H3,(H,16,17). The molecule has 0 spiro atoms. The van der Waals surface area contributed by atoms with Gasteiger partial charge in [-0.15, -0.1) is 0 Å². The van der Waals surface area contributed by atoms with Crippen molar-refractivity contribution >= 4 is 11.5 Å². The van der Waals surface area contributed by atoms with E-state index in [1.54, 1.807) is 0 Å². The minimum absolute atomic E-state index is 0.520. The van der Waals surface area contributed by atoms with Crippen LogP contribution >= 0.6 is 0 Å². The number of hydrogen-bond donors (Lipinski definition) is 2. The second kappa shape index (κ2) is 6.74. The van der Waals surface area contributed by atoms with Crippen LogP contribution in [0, 0.1) is 0 Å². The maximum atomic E-state index is 10.8. The van der Waals surface area contributed by atoms with Crippen LogP contribution in [0.4, 0.5) is 0 Å². The summed E-state index contributed by atoms with van der Waals surface area (Å²) in [7, 11) is 0. The van der Waals surface area contributed by atoms with Gasteiger partial charge in [-0.1, -0.05) is 50.1 Å². The normalized spacial score (nSPS) is 12.1. The van der Waals surface area contributed by atoms with Gasteiger partial charge in [0.05, 0.1) is 0 Å². The Morgan fingerprint density at radius 1 is 1.12 bits per heavy atom. The van der Waals surface area contributed by atoms with E-state index in [4.69, 9.17) is 5.11 Å². The zero-order valence-corrected chi connectivity index (χ0v) is 10.0. The molecule has 0 aliphatic heterocycles. The minimum atomic E-state index is -1.26. The van der Waals surface area contributed by atoms with Gasteiger partial charge in [0.15, 0.2) is 0 Å². The molecule has 3 nitrogen and oxygen atoms in total. The maximum absolute atomic E-state index is 10.8. The lowest BCUT2D eigenvalue weighted by Crippen LogP contribution is -2.03. The number of unbranched alkanes of at least 4 members (excludes halogenated alkanes) is 2. The molecular formula is C14H18O3. The molecule has 0 bridgehead atoms. The average molecular weight is 234 g/mol. The topological polar surface area (TPSA) is 57.5 Å². The van der Waals surface area contributed by atoms with Gasteiger partial charge in [0, 0.05) is 5.57 Å².